The molecule has 4 N–H and O–H groups in total. The van der Waals surface area contributed by atoms with E-state index in [1.165, 1.54) is 28.5 Å². The van der Waals surface area contributed by atoms with Gasteiger partial charge >= 0.3 is 6.03 Å². The third-order valence-electron chi connectivity index (χ3n) is 5.43. The van der Waals surface area contributed by atoms with E-state index in [1.54, 1.807) is 4.68 Å². The standard InChI is InChI=1S/C17H20N6O2S/c18-26(25,14-9-20-23-7-1-6-19-16(14)23)22-17(24)21-15-12-4-2-10(12)8-11-3-5-13(11)15/h8-9,19H,1-7H2,(H3,18,21,22,24,25). The van der Waals surface area contributed by atoms with E-state index in [1.807, 2.05) is 0 Å². The first kappa shape index (κ1) is 15.8. The largest absolute Gasteiger partial charge is 0.369 e. The number of carbonyl (C=O) groups is 1. The van der Waals surface area contributed by atoms with Crippen LogP contribution in [-0.4, -0.2) is 26.6 Å². The maximum absolute atomic E-state index is 12.9. The monoisotopic (exact) mass is 372 g/mol. The molecular formula is C17H20N6O2S. The van der Waals surface area contributed by atoms with Gasteiger partial charge in [-0.15, -0.1) is 4.36 Å². The summed E-state index contributed by atoms with van der Waals surface area (Å²) >= 11 is 0. The topological polar surface area (TPSA) is 114 Å². The van der Waals surface area contributed by atoms with Crippen LogP contribution in [0.4, 0.5) is 16.3 Å². The summed E-state index contributed by atoms with van der Waals surface area (Å²) in [5.74, 6) is 0.591. The van der Waals surface area contributed by atoms with E-state index < -0.39 is 15.9 Å². The number of urea groups is 1. The van der Waals surface area contributed by atoms with Crippen LogP contribution in [0.3, 0.4) is 0 Å². The maximum atomic E-state index is 12.9. The number of hydrogen-bond acceptors (Lipinski definition) is 4. The van der Waals surface area contributed by atoms with Crippen LogP contribution in [0.2, 0.25) is 0 Å². The molecule has 1 aromatic carbocycles. The lowest BCUT2D eigenvalue weighted by molar-refractivity contribution is 0.260. The van der Waals surface area contributed by atoms with Gasteiger partial charge in [0.2, 0.25) is 0 Å². The van der Waals surface area contributed by atoms with Crippen LogP contribution in [-0.2, 0) is 42.1 Å². The van der Waals surface area contributed by atoms with Crippen LogP contribution in [0.15, 0.2) is 21.5 Å². The first-order valence-electron chi connectivity index (χ1n) is 8.85. The van der Waals surface area contributed by atoms with E-state index in [0.29, 0.717) is 5.82 Å². The summed E-state index contributed by atoms with van der Waals surface area (Å²) in [6, 6.07) is 1.57. The first-order valence-corrected chi connectivity index (χ1v) is 10.4. The second-order valence-corrected chi connectivity index (χ2v) is 8.74. The number of nitrogens with zero attached hydrogens (tertiary/aromatic N) is 3. The number of nitrogens with one attached hydrogen (secondary N) is 2. The Kier molecular flexibility index (Phi) is 3.38. The van der Waals surface area contributed by atoms with Crippen LogP contribution in [0, 0.1) is 0 Å². The molecule has 2 heterocycles. The van der Waals surface area contributed by atoms with Gasteiger partial charge in [-0.3, -0.25) is 0 Å². The number of nitrogens with two attached hydrogens (primary N) is 1. The van der Waals surface area contributed by atoms with Crippen LogP contribution in [0.5, 0.6) is 0 Å². The molecule has 0 bridgehead atoms. The third kappa shape index (κ3) is 2.34. The molecule has 2 aromatic rings. The van der Waals surface area contributed by atoms with Gasteiger partial charge in [-0.05, 0) is 54.4 Å². The Morgan fingerprint density at radius 3 is 2.65 bits per heavy atom. The number of aryl methyl sites for hydroxylation is 3. The lowest BCUT2D eigenvalue weighted by atomic mass is 9.76. The van der Waals surface area contributed by atoms with Crippen molar-refractivity contribution in [2.45, 2.75) is 43.5 Å². The molecule has 26 heavy (non-hydrogen) atoms. The van der Waals surface area contributed by atoms with Gasteiger partial charge < -0.3 is 10.6 Å². The van der Waals surface area contributed by atoms with Crippen LogP contribution in [0.1, 0.15) is 28.7 Å². The number of anilines is 2. The molecule has 9 heteroatoms. The number of benzene rings is 1. The minimum Gasteiger partial charge on any atom is -0.369 e. The number of carbonyl (C=O) groups excluding carboxylic acids is 1. The lowest BCUT2D eigenvalue weighted by Crippen LogP contribution is -2.25. The van der Waals surface area contributed by atoms with E-state index in [0.717, 1.165) is 50.9 Å². The molecule has 1 aliphatic heterocycles. The van der Waals surface area contributed by atoms with Gasteiger partial charge in [0.1, 0.15) is 20.6 Å². The van der Waals surface area contributed by atoms with E-state index in [9.17, 15) is 9.00 Å². The summed E-state index contributed by atoms with van der Waals surface area (Å²) in [6.45, 7) is 1.48. The average molecular weight is 372 g/mol. The fraction of sp³-hybridized carbons (Fsp3) is 0.412. The fourth-order valence-electron chi connectivity index (χ4n) is 3.89. The van der Waals surface area contributed by atoms with Gasteiger partial charge in [0.05, 0.1) is 6.20 Å². The number of hydrogen-bond donors (Lipinski definition) is 3. The van der Waals surface area contributed by atoms with Gasteiger partial charge in [-0.25, -0.2) is 18.8 Å². The summed E-state index contributed by atoms with van der Waals surface area (Å²) in [6.07, 6.45) is 6.37. The summed E-state index contributed by atoms with van der Waals surface area (Å²) in [7, 11) is -3.37. The van der Waals surface area contributed by atoms with Gasteiger partial charge in [-0.1, -0.05) is 6.07 Å². The van der Waals surface area contributed by atoms with Crippen LogP contribution < -0.4 is 15.8 Å². The molecule has 0 spiro atoms. The highest BCUT2D eigenvalue weighted by Crippen LogP contribution is 2.40. The van der Waals surface area contributed by atoms with E-state index in [4.69, 9.17) is 5.14 Å². The summed E-state index contributed by atoms with van der Waals surface area (Å²) in [5.41, 5.74) is 5.80. The Balaban J connectivity index is 1.47. The highest BCUT2D eigenvalue weighted by molar-refractivity contribution is 7.91. The van der Waals surface area contributed by atoms with Gasteiger partial charge in [0.25, 0.3) is 0 Å². The van der Waals surface area contributed by atoms with Crippen molar-refractivity contribution in [2.24, 2.45) is 9.50 Å². The smallest absolute Gasteiger partial charge is 0.354 e. The van der Waals surface area contributed by atoms with Gasteiger partial charge in [-0.2, -0.15) is 5.10 Å². The van der Waals surface area contributed by atoms with Crippen molar-refractivity contribution in [1.82, 2.24) is 9.78 Å². The van der Waals surface area contributed by atoms with Gasteiger partial charge in [0, 0.05) is 18.8 Å². The molecule has 0 saturated heterocycles. The molecular weight excluding hydrogens is 352 g/mol. The molecule has 3 aliphatic rings. The zero-order valence-corrected chi connectivity index (χ0v) is 15.1. The molecule has 1 atom stereocenters. The second kappa shape index (κ2) is 5.55. The van der Waals surface area contributed by atoms with Crippen molar-refractivity contribution in [2.75, 3.05) is 17.2 Å². The number of fused-ring (bicyclic) bond motifs is 3. The molecule has 2 aliphatic carbocycles. The average Bonchev–Trinajstić information content (AvgIpc) is 2.96. The molecule has 0 saturated carbocycles. The molecule has 8 nitrogen and oxygen atoms in total. The van der Waals surface area contributed by atoms with Crippen molar-refractivity contribution < 1.29 is 9.00 Å². The van der Waals surface area contributed by atoms with Crippen LogP contribution in [0.25, 0.3) is 0 Å². The molecule has 0 fully saturated rings. The number of amides is 2. The third-order valence-corrected chi connectivity index (χ3v) is 6.79. The fourth-order valence-corrected chi connectivity index (χ4v) is 4.93. The highest BCUT2D eigenvalue weighted by atomic mass is 32.2. The molecule has 2 amide bonds. The molecule has 1 unspecified atom stereocenters. The van der Waals surface area contributed by atoms with Crippen molar-refractivity contribution in [1.29, 1.82) is 0 Å². The first-order chi connectivity index (χ1) is 12.5. The Labute approximate surface area is 151 Å². The molecule has 0 radical (unpaired) electrons. The van der Waals surface area contributed by atoms with E-state index in [-0.39, 0.29) is 4.90 Å². The number of aromatic nitrogens is 2. The van der Waals surface area contributed by atoms with Gasteiger partial charge in [0.15, 0.2) is 0 Å². The van der Waals surface area contributed by atoms with Crippen molar-refractivity contribution in [3.05, 3.63) is 34.5 Å². The van der Waals surface area contributed by atoms with Crippen LogP contribution >= 0.6 is 0 Å². The minimum atomic E-state index is -3.37. The zero-order valence-electron chi connectivity index (χ0n) is 14.2. The SMILES string of the molecule is NS(=O)(=NC(=O)Nc1c2c(cc3c1CC3)CC2)c1cnn2c1NCCC2. The van der Waals surface area contributed by atoms with E-state index >= 15 is 0 Å². The Morgan fingerprint density at radius 2 is 2.00 bits per heavy atom. The second-order valence-electron chi connectivity index (χ2n) is 6.98. The summed E-state index contributed by atoms with van der Waals surface area (Å²) < 4.78 is 18.4. The van der Waals surface area contributed by atoms with Crippen molar-refractivity contribution in [3.8, 4) is 0 Å². The molecule has 1 aromatic heterocycles. The Morgan fingerprint density at radius 1 is 1.27 bits per heavy atom. The van der Waals surface area contributed by atoms with E-state index in [2.05, 4.69) is 26.2 Å². The Hall–Kier alpha value is -2.39. The summed E-state index contributed by atoms with van der Waals surface area (Å²) in [4.78, 5) is 12.8. The number of rotatable bonds is 2. The normalized spacial score (nSPS) is 18.8. The highest BCUT2D eigenvalue weighted by Gasteiger charge is 2.28. The molecule has 5 rings (SSSR count). The molecule has 136 valence electrons. The predicted octanol–water partition coefficient (Wildman–Crippen LogP) is 1.83. The van der Waals surface area contributed by atoms with Crippen molar-refractivity contribution in [3.63, 3.8) is 0 Å². The van der Waals surface area contributed by atoms with Crippen molar-refractivity contribution >= 4 is 27.5 Å². The zero-order chi connectivity index (χ0) is 17.9. The lowest BCUT2D eigenvalue weighted by Gasteiger charge is -2.31. The predicted molar refractivity (Wildman–Crippen MR) is 98.6 cm³/mol. The maximum Gasteiger partial charge on any atom is 0.354 e. The minimum absolute atomic E-state index is 0.279. The quantitative estimate of drug-likeness (QED) is 0.746. The Bertz CT molecular complexity index is 1030. The summed E-state index contributed by atoms with van der Waals surface area (Å²) in [5, 5.41) is 16.1.